The van der Waals surface area contributed by atoms with Crippen LogP contribution in [0.4, 0.5) is 0 Å². The smallest absolute Gasteiger partial charge is 0.313 e. The molecule has 33 heavy (non-hydrogen) atoms. The second kappa shape index (κ2) is 20.1. The van der Waals surface area contributed by atoms with Crippen LogP contribution in [0.3, 0.4) is 0 Å². The molecule has 0 radical (unpaired) electrons. The molecule has 0 spiro atoms. The lowest BCUT2D eigenvalue weighted by Crippen LogP contribution is -2.33. The van der Waals surface area contributed by atoms with Gasteiger partial charge >= 0.3 is 11.9 Å². The lowest BCUT2D eigenvalue weighted by atomic mass is 9.84. The number of hydrogen-bond acceptors (Lipinski definition) is 3. The van der Waals surface area contributed by atoms with Crippen LogP contribution >= 0.6 is 0 Å². The number of allylic oxidation sites excluding steroid dienone is 1. The molecule has 0 amide bonds. The fraction of sp³-hybridized carbons (Fsp3) is 0.862. The molecule has 4 nitrogen and oxygen atoms in total. The molecule has 0 aromatic heterocycles. The summed E-state index contributed by atoms with van der Waals surface area (Å²) in [6.07, 6.45) is 27.0. The lowest BCUT2D eigenvalue weighted by Gasteiger charge is -2.26. The quantitative estimate of drug-likeness (QED) is 0.105. The summed E-state index contributed by atoms with van der Waals surface area (Å²) in [5, 5.41) is 9.50. The van der Waals surface area contributed by atoms with Gasteiger partial charge in [0.2, 0.25) is 0 Å². The van der Waals surface area contributed by atoms with E-state index in [1.165, 1.54) is 89.9 Å². The third-order valence-electron chi connectivity index (χ3n) is 7.05. The normalized spacial score (nSPS) is 18.8. The Kier molecular flexibility index (Phi) is 18.1. The molecule has 0 fully saturated rings. The van der Waals surface area contributed by atoms with Crippen molar-refractivity contribution in [2.24, 2.45) is 11.8 Å². The van der Waals surface area contributed by atoms with Crippen molar-refractivity contribution >= 4 is 11.9 Å². The van der Waals surface area contributed by atoms with Gasteiger partial charge in [0.15, 0.2) is 0 Å². The van der Waals surface area contributed by atoms with Crippen LogP contribution in [0.25, 0.3) is 0 Å². The van der Waals surface area contributed by atoms with Gasteiger partial charge in [0.25, 0.3) is 0 Å². The molecule has 0 aromatic carbocycles. The van der Waals surface area contributed by atoms with Gasteiger partial charge in [-0.05, 0) is 38.5 Å². The van der Waals surface area contributed by atoms with E-state index in [0.717, 1.165) is 32.1 Å². The maximum absolute atomic E-state index is 12.8. The highest BCUT2D eigenvalue weighted by atomic mass is 16.5. The summed E-state index contributed by atoms with van der Waals surface area (Å²) in [6, 6.07) is 0. The summed E-state index contributed by atoms with van der Waals surface area (Å²) in [6.45, 7) is 4.49. The Balaban J connectivity index is 2.39. The summed E-state index contributed by atoms with van der Waals surface area (Å²) in [5.74, 6) is -2.49. The van der Waals surface area contributed by atoms with E-state index in [0.29, 0.717) is 6.42 Å². The Morgan fingerprint density at radius 1 is 0.788 bits per heavy atom. The summed E-state index contributed by atoms with van der Waals surface area (Å²) < 4.78 is 5.93. The van der Waals surface area contributed by atoms with Crippen LogP contribution in [0.5, 0.6) is 0 Å². The molecule has 0 aliphatic heterocycles. The van der Waals surface area contributed by atoms with E-state index in [1.807, 2.05) is 6.08 Å². The number of rotatable bonds is 21. The monoisotopic (exact) mass is 464 g/mol. The molecule has 0 bridgehead atoms. The van der Waals surface area contributed by atoms with E-state index in [2.05, 4.69) is 13.8 Å². The molecule has 0 heterocycles. The highest BCUT2D eigenvalue weighted by Gasteiger charge is 2.35. The van der Waals surface area contributed by atoms with Crippen molar-refractivity contribution in [2.45, 2.75) is 148 Å². The van der Waals surface area contributed by atoms with E-state index in [4.69, 9.17) is 4.74 Å². The van der Waals surface area contributed by atoms with E-state index >= 15 is 0 Å². The minimum atomic E-state index is -0.886. The molecule has 0 aromatic rings. The van der Waals surface area contributed by atoms with Gasteiger partial charge in [0, 0.05) is 0 Å². The maximum Gasteiger partial charge on any atom is 0.313 e. The van der Waals surface area contributed by atoms with Crippen LogP contribution < -0.4 is 0 Å². The third kappa shape index (κ3) is 14.5. The number of carboxylic acids is 1. The van der Waals surface area contributed by atoms with Gasteiger partial charge in [-0.2, -0.15) is 0 Å². The van der Waals surface area contributed by atoms with Crippen molar-refractivity contribution in [3.63, 3.8) is 0 Å². The van der Waals surface area contributed by atoms with E-state index in [-0.39, 0.29) is 12.1 Å². The van der Waals surface area contributed by atoms with Crippen LogP contribution in [0.2, 0.25) is 0 Å². The predicted octanol–water partition coefficient (Wildman–Crippen LogP) is 8.63. The zero-order valence-corrected chi connectivity index (χ0v) is 21.7. The van der Waals surface area contributed by atoms with Crippen LogP contribution in [-0.4, -0.2) is 23.1 Å². The van der Waals surface area contributed by atoms with E-state index < -0.39 is 17.8 Å². The molecule has 4 heteroatoms. The summed E-state index contributed by atoms with van der Waals surface area (Å²) in [4.78, 5) is 24.4. The van der Waals surface area contributed by atoms with Crippen molar-refractivity contribution in [1.82, 2.24) is 0 Å². The molecular formula is C29H52O4. The topological polar surface area (TPSA) is 63.6 Å². The number of hydrogen-bond donors (Lipinski definition) is 1. The largest absolute Gasteiger partial charge is 0.481 e. The number of aliphatic carboxylic acids is 1. The average Bonchev–Trinajstić information content (AvgIpc) is 2.82. The SMILES string of the molecule is CCCCCCCCCCCCC(CCCCCCCC)OC(=O)C1C=CCCC1C(=O)O. The average molecular weight is 465 g/mol. The van der Waals surface area contributed by atoms with Crippen LogP contribution in [0, 0.1) is 11.8 Å². The molecule has 1 aliphatic rings. The van der Waals surface area contributed by atoms with Gasteiger partial charge in [-0.15, -0.1) is 0 Å². The third-order valence-corrected chi connectivity index (χ3v) is 7.05. The second-order valence-corrected chi connectivity index (χ2v) is 10.1. The first-order valence-electron chi connectivity index (χ1n) is 14.2. The number of esters is 1. The molecule has 3 unspecified atom stereocenters. The van der Waals surface area contributed by atoms with Crippen molar-refractivity contribution in [1.29, 1.82) is 0 Å². The number of unbranched alkanes of at least 4 members (excludes halogenated alkanes) is 14. The Morgan fingerprint density at radius 3 is 1.70 bits per heavy atom. The summed E-state index contributed by atoms with van der Waals surface area (Å²) in [5.41, 5.74) is 0. The van der Waals surface area contributed by atoms with E-state index in [1.54, 1.807) is 6.08 Å². The number of carbonyl (C=O) groups is 2. The second-order valence-electron chi connectivity index (χ2n) is 10.1. The summed E-state index contributed by atoms with van der Waals surface area (Å²) in [7, 11) is 0. The molecular weight excluding hydrogens is 412 g/mol. The fourth-order valence-electron chi connectivity index (χ4n) is 4.87. The van der Waals surface area contributed by atoms with Crippen molar-refractivity contribution in [3.8, 4) is 0 Å². The predicted molar refractivity (Wildman–Crippen MR) is 137 cm³/mol. The zero-order valence-electron chi connectivity index (χ0n) is 21.7. The standard InChI is InChI=1S/C29H52O4/c1-3-5-7-9-11-12-13-14-16-18-22-25(21-17-15-10-8-6-4-2)33-29(32)27-24-20-19-23-26(27)28(30)31/h20,24-27H,3-19,21-23H2,1-2H3,(H,30,31). The minimum Gasteiger partial charge on any atom is -0.481 e. The molecule has 1 aliphatic carbocycles. The first-order valence-corrected chi connectivity index (χ1v) is 14.2. The van der Waals surface area contributed by atoms with Gasteiger partial charge < -0.3 is 9.84 Å². The Bertz CT molecular complexity index is 528. The first kappa shape index (κ1) is 29.7. The van der Waals surface area contributed by atoms with Crippen LogP contribution in [0.1, 0.15) is 142 Å². The van der Waals surface area contributed by atoms with Crippen LogP contribution in [0.15, 0.2) is 12.2 Å². The zero-order chi connectivity index (χ0) is 24.2. The van der Waals surface area contributed by atoms with Gasteiger partial charge in [-0.25, -0.2) is 0 Å². The molecule has 192 valence electrons. The first-order chi connectivity index (χ1) is 16.1. The van der Waals surface area contributed by atoms with E-state index in [9.17, 15) is 14.7 Å². The Morgan fingerprint density at radius 2 is 1.24 bits per heavy atom. The molecule has 1 rings (SSSR count). The maximum atomic E-state index is 12.8. The number of ether oxygens (including phenoxy) is 1. The highest BCUT2D eigenvalue weighted by molar-refractivity contribution is 5.83. The minimum absolute atomic E-state index is 0.0671. The fourth-order valence-corrected chi connectivity index (χ4v) is 4.87. The lowest BCUT2D eigenvalue weighted by molar-refractivity contribution is -0.160. The van der Waals surface area contributed by atoms with Crippen molar-refractivity contribution in [2.75, 3.05) is 0 Å². The molecule has 0 saturated heterocycles. The molecule has 1 N–H and O–H groups in total. The number of carbonyl (C=O) groups excluding carboxylic acids is 1. The van der Waals surface area contributed by atoms with Gasteiger partial charge in [0.1, 0.15) is 6.10 Å². The van der Waals surface area contributed by atoms with Crippen LogP contribution in [-0.2, 0) is 14.3 Å². The van der Waals surface area contributed by atoms with Crippen molar-refractivity contribution < 1.29 is 19.4 Å². The highest BCUT2D eigenvalue weighted by Crippen LogP contribution is 2.28. The van der Waals surface area contributed by atoms with Gasteiger partial charge in [0.05, 0.1) is 11.8 Å². The van der Waals surface area contributed by atoms with Crippen molar-refractivity contribution in [3.05, 3.63) is 12.2 Å². The van der Waals surface area contributed by atoms with Gasteiger partial charge in [-0.3, -0.25) is 9.59 Å². The summed E-state index contributed by atoms with van der Waals surface area (Å²) >= 11 is 0. The Labute approximate surface area is 203 Å². The molecule has 0 saturated carbocycles. The number of carboxylic acid groups (broad SMARTS) is 1. The molecule has 3 atom stereocenters. The van der Waals surface area contributed by atoms with Gasteiger partial charge in [-0.1, -0.05) is 116 Å². The Hall–Kier alpha value is -1.32.